The van der Waals surface area contributed by atoms with Crippen LogP contribution in [0.2, 0.25) is 0 Å². The Morgan fingerprint density at radius 1 is 1.38 bits per heavy atom. The Hall–Kier alpha value is -1.02. The number of nitrogens with two attached hydrogens (primary N) is 1. The molecule has 2 rings (SSSR count). The second-order valence-electron chi connectivity index (χ2n) is 5.38. The van der Waals surface area contributed by atoms with Crippen LogP contribution in [0.4, 0.5) is 0 Å². The largest absolute Gasteiger partial charge is 0.493 e. The lowest BCUT2D eigenvalue weighted by molar-refractivity contribution is 0.288. The fraction of sp³-hybridized carbons (Fsp3) is 0.571. The highest BCUT2D eigenvalue weighted by Gasteiger charge is 2.13. The Morgan fingerprint density at radius 3 is 2.94 bits per heavy atom. The van der Waals surface area contributed by atoms with Crippen molar-refractivity contribution in [3.8, 4) is 5.75 Å². The van der Waals surface area contributed by atoms with Crippen LogP contribution in [0.3, 0.4) is 0 Å². The fourth-order valence-corrected chi connectivity index (χ4v) is 2.04. The fourth-order valence-electron chi connectivity index (χ4n) is 2.04. The van der Waals surface area contributed by atoms with E-state index < -0.39 is 0 Å². The Kier molecular flexibility index (Phi) is 3.20. The molecule has 0 radical (unpaired) electrons. The van der Waals surface area contributed by atoms with Crippen LogP contribution in [0.15, 0.2) is 18.2 Å². The van der Waals surface area contributed by atoms with E-state index in [4.69, 9.17) is 10.5 Å². The Labute approximate surface area is 97.8 Å². The normalized spacial score (nSPS) is 15.4. The number of benzene rings is 1. The number of hydrogen-bond acceptors (Lipinski definition) is 2. The smallest absolute Gasteiger partial charge is 0.122 e. The van der Waals surface area contributed by atoms with Crippen LogP contribution in [-0.4, -0.2) is 12.1 Å². The van der Waals surface area contributed by atoms with Crippen molar-refractivity contribution in [3.63, 3.8) is 0 Å². The minimum absolute atomic E-state index is 0.0770. The summed E-state index contributed by atoms with van der Waals surface area (Å²) in [6.45, 7) is 5.02. The summed E-state index contributed by atoms with van der Waals surface area (Å²) >= 11 is 0. The number of ether oxygens (including phenoxy) is 1. The molecule has 0 fully saturated rings. The van der Waals surface area contributed by atoms with Crippen molar-refractivity contribution in [2.24, 2.45) is 5.73 Å². The number of rotatable bonds is 3. The van der Waals surface area contributed by atoms with Gasteiger partial charge in [-0.1, -0.05) is 12.1 Å². The van der Waals surface area contributed by atoms with Gasteiger partial charge in [-0.2, -0.15) is 0 Å². The highest BCUT2D eigenvalue weighted by molar-refractivity contribution is 5.38. The van der Waals surface area contributed by atoms with Crippen molar-refractivity contribution in [2.45, 2.75) is 45.1 Å². The van der Waals surface area contributed by atoms with Gasteiger partial charge in [-0.25, -0.2) is 0 Å². The van der Waals surface area contributed by atoms with Gasteiger partial charge in [0, 0.05) is 5.54 Å². The number of aryl methyl sites for hydroxylation is 2. The Balaban J connectivity index is 2.06. The first-order valence-electron chi connectivity index (χ1n) is 6.08. The zero-order valence-corrected chi connectivity index (χ0v) is 10.3. The van der Waals surface area contributed by atoms with Gasteiger partial charge >= 0.3 is 0 Å². The molecule has 2 nitrogen and oxygen atoms in total. The Bertz CT molecular complexity index is 365. The Morgan fingerprint density at radius 2 is 2.19 bits per heavy atom. The highest BCUT2D eigenvalue weighted by Crippen LogP contribution is 2.26. The van der Waals surface area contributed by atoms with E-state index in [1.165, 1.54) is 11.1 Å². The van der Waals surface area contributed by atoms with E-state index in [1.807, 2.05) is 0 Å². The van der Waals surface area contributed by atoms with Crippen LogP contribution in [0.5, 0.6) is 5.75 Å². The van der Waals surface area contributed by atoms with Gasteiger partial charge < -0.3 is 10.5 Å². The van der Waals surface area contributed by atoms with E-state index in [0.29, 0.717) is 0 Å². The molecule has 2 heteroatoms. The van der Waals surface area contributed by atoms with E-state index in [1.54, 1.807) is 0 Å². The lowest BCUT2D eigenvalue weighted by Gasteiger charge is -2.20. The summed E-state index contributed by atoms with van der Waals surface area (Å²) in [4.78, 5) is 0. The molecule has 16 heavy (non-hydrogen) atoms. The van der Waals surface area contributed by atoms with Crippen LogP contribution in [0, 0.1) is 0 Å². The molecule has 0 bridgehead atoms. The molecule has 1 aliphatic heterocycles. The average Bonchev–Trinajstić information content (AvgIpc) is 2.25. The standard InChI is InChI=1S/C14H21NO/c1-14(2,15)8-7-11-5-6-13-12(10-11)4-3-9-16-13/h5-6,10H,3-4,7-9,15H2,1-2H3. The highest BCUT2D eigenvalue weighted by atomic mass is 16.5. The molecule has 1 heterocycles. The maximum absolute atomic E-state index is 6.00. The minimum Gasteiger partial charge on any atom is -0.493 e. The maximum atomic E-state index is 6.00. The molecular weight excluding hydrogens is 198 g/mol. The zero-order valence-electron chi connectivity index (χ0n) is 10.3. The molecular formula is C14H21NO. The SMILES string of the molecule is CC(C)(N)CCc1ccc2c(c1)CCCO2. The van der Waals surface area contributed by atoms with Gasteiger partial charge in [0.1, 0.15) is 5.75 Å². The molecule has 0 spiro atoms. The molecule has 0 saturated carbocycles. The van der Waals surface area contributed by atoms with Gasteiger partial charge in [-0.15, -0.1) is 0 Å². The summed E-state index contributed by atoms with van der Waals surface area (Å²) in [6, 6.07) is 6.55. The maximum Gasteiger partial charge on any atom is 0.122 e. The van der Waals surface area contributed by atoms with E-state index in [-0.39, 0.29) is 5.54 Å². The molecule has 88 valence electrons. The molecule has 0 aromatic heterocycles. The van der Waals surface area contributed by atoms with Crippen LogP contribution in [0.25, 0.3) is 0 Å². The summed E-state index contributed by atoms with van der Waals surface area (Å²) < 4.78 is 5.60. The summed E-state index contributed by atoms with van der Waals surface area (Å²) in [7, 11) is 0. The van der Waals surface area contributed by atoms with E-state index in [2.05, 4.69) is 32.0 Å². The third-order valence-electron chi connectivity index (χ3n) is 3.03. The molecule has 1 aromatic rings. The first-order valence-corrected chi connectivity index (χ1v) is 6.08. The summed E-state index contributed by atoms with van der Waals surface area (Å²) in [5, 5.41) is 0. The van der Waals surface area contributed by atoms with E-state index in [9.17, 15) is 0 Å². The monoisotopic (exact) mass is 219 g/mol. The van der Waals surface area contributed by atoms with Crippen molar-refractivity contribution >= 4 is 0 Å². The lowest BCUT2D eigenvalue weighted by atomic mass is 9.94. The molecule has 0 aliphatic carbocycles. The topological polar surface area (TPSA) is 35.2 Å². The van der Waals surface area contributed by atoms with Gasteiger partial charge in [-0.05, 0) is 56.7 Å². The van der Waals surface area contributed by atoms with Gasteiger partial charge in [0.05, 0.1) is 6.61 Å². The van der Waals surface area contributed by atoms with Crippen molar-refractivity contribution in [1.29, 1.82) is 0 Å². The molecule has 0 atom stereocenters. The summed E-state index contributed by atoms with van der Waals surface area (Å²) in [5.74, 6) is 1.07. The van der Waals surface area contributed by atoms with E-state index >= 15 is 0 Å². The first-order chi connectivity index (χ1) is 7.54. The third kappa shape index (κ3) is 2.99. The second kappa shape index (κ2) is 4.46. The van der Waals surface area contributed by atoms with Gasteiger partial charge in [0.2, 0.25) is 0 Å². The van der Waals surface area contributed by atoms with Gasteiger partial charge in [-0.3, -0.25) is 0 Å². The van der Waals surface area contributed by atoms with Crippen molar-refractivity contribution in [2.75, 3.05) is 6.61 Å². The van der Waals surface area contributed by atoms with Crippen LogP contribution in [0.1, 0.15) is 37.8 Å². The van der Waals surface area contributed by atoms with Crippen molar-refractivity contribution in [1.82, 2.24) is 0 Å². The van der Waals surface area contributed by atoms with Crippen LogP contribution < -0.4 is 10.5 Å². The average molecular weight is 219 g/mol. The zero-order chi connectivity index (χ0) is 11.6. The number of fused-ring (bicyclic) bond motifs is 1. The molecule has 1 aliphatic rings. The molecule has 0 saturated heterocycles. The minimum atomic E-state index is -0.0770. The van der Waals surface area contributed by atoms with Crippen molar-refractivity contribution in [3.05, 3.63) is 29.3 Å². The first kappa shape index (κ1) is 11.5. The predicted molar refractivity (Wildman–Crippen MR) is 66.8 cm³/mol. The van der Waals surface area contributed by atoms with Crippen LogP contribution >= 0.6 is 0 Å². The quantitative estimate of drug-likeness (QED) is 0.848. The molecule has 1 aromatic carbocycles. The number of hydrogen-bond donors (Lipinski definition) is 1. The van der Waals surface area contributed by atoms with Crippen LogP contribution in [-0.2, 0) is 12.8 Å². The lowest BCUT2D eigenvalue weighted by Crippen LogP contribution is -2.32. The summed E-state index contributed by atoms with van der Waals surface area (Å²) in [6.07, 6.45) is 4.36. The van der Waals surface area contributed by atoms with E-state index in [0.717, 1.165) is 38.0 Å². The molecule has 0 unspecified atom stereocenters. The second-order valence-corrected chi connectivity index (χ2v) is 5.38. The van der Waals surface area contributed by atoms with Gasteiger partial charge in [0.25, 0.3) is 0 Å². The summed E-state index contributed by atoms with van der Waals surface area (Å²) in [5.41, 5.74) is 8.66. The van der Waals surface area contributed by atoms with Crippen molar-refractivity contribution < 1.29 is 4.74 Å². The van der Waals surface area contributed by atoms with Gasteiger partial charge in [0.15, 0.2) is 0 Å². The molecule has 2 N–H and O–H groups in total. The molecule has 0 amide bonds. The predicted octanol–water partition coefficient (Wildman–Crippen LogP) is 2.68. The third-order valence-corrected chi connectivity index (χ3v) is 3.03.